The van der Waals surface area contributed by atoms with Gasteiger partial charge in [-0.1, -0.05) is 13.0 Å². The number of aryl methyl sites for hydroxylation is 2. The lowest BCUT2D eigenvalue weighted by molar-refractivity contribution is 0.597. The molecule has 2 heterocycles. The molecule has 0 amide bonds. The zero-order valence-electron chi connectivity index (χ0n) is 12.7. The molecule has 0 atom stereocenters. The smallest absolute Gasteiger partial charge is 0.180 e. The van der Waals surface area contributed by atoms with Gasteiger partial charge in [-0.25, -0.2) is 13.4 Å². The largest absolute Gasteiger partial charge is 0.326 e. The minimum Gasteiger partial charge on any atom is -0.326 e. The molecule has 22 heavy (non-hydrogen) atoms. The lowest BCUT2D eigenvalue weighted by Crippen LogP contribution is -2.08. The van der Waals surface area contributed by atoms with Gasteiger partial charge in [0.15, 0.2) is 15.7 Å². The van der Waals surface area contributed by atoms with E-state index in [0.717, 1.165) is 16.6 Å². The van der Waals surface area contributed by atoms with Gasteiger partial charge in [-0.3, -0.25) is 4.98 Å². The monoisotopic (exact) mass is 315 g/mol. The molecule has 0 radical (unpaired) electrons. The molecule has 0 N–H and O–H groups in total. The van der Waals surface area contributed by atoms with E-state index >= 15 is 0 Å². The van der Waals surface area contributed by atoms with Gasteiger partial charge in [-0.05, 0) is 36.8 Å². The SMILES string of the molecule is CCS(=O)(=O)c1cccnc1-c1nc2cc(C)ccc2n1C. The highest BCUT2D eigenvalue weighted by molar-refractivity contribution is 7.91. The summed E-state index contributed by atoms with van der Waals surface area (Å²) in [6.45, 7) is 3.63. The van der Waals surface area contributed by atoms with Crippen LogP contribution in [0.3, 0.4) is 0 Å². The summed E-state index contributed by atoms with van der Waals surface area (Å²) in [5.74, 6) is 0.600. The first-order valence-corrected chi connectivity index (χ1v) is 8.70. The molecule has 114 valence electrons. The van der Waals surface area contributed by atoms with Gasteiger partial charge in [0.2, 0.25) is 0 Å². The van der Waals surface area contributed by atoms with E-state index in [4.69, 9.17) is 0 Å². The second kappa shape index (κ2) is 5.21. The van der Waals surface area contributed by atoms with Gasteiger partial charge in [0.05, 0.1) is 21.7 Å². The Labute approximate surface area is 129 Å². The number of aromatic nitrogens is 3. The molecule has 2 aromatic heterocycles. The van der Waals surface area contributed by atoms with E-state index in [2.05, 4.69) is 9.97 Å². The Morgan fingerprint density at radius 3 is 2.73 bits per heavy atom. The van der Waals surface area contributed by atoms with Gasteiger partial charge in [-0.15, -0.1) is 0 Å². The van der Waals surface area contributed by atoms with Crippen LogP contribution < -0.4 is 0 Å². The molecule has 3 rings (SSSR count). The Balaban J connectivity index is 2.31. The third-order valence-corrected chi connectivity index (χ3v) is 5.49. The molecule has 6 heteroatoms. The molecular formula is C16H17N3O2S. The van der Waals surface area contributed by atoms with E-state index in [-0.39, 0.29) is 10.6 Å². The highest BCUT2D eigenvalue weighted by Crippen LogP contribution is 2.28. The summed E-state index contributed by atoms with van der Waals surface area (Å²) in [6, 6.07) is 9.20. The summed E-state index contributed by atoms with van der Waals surface area (Å²) in [5, 5.41) is 0. The maximum Gasteiger partial charge on any atom is 0.180 e. The van der Waals surface area contributed by atoms with Crippen LogP contribution in [0.1, 0.15) is 12.5 Å². The predicted octanol–water partition coefficient (Wildman–Crippen LogP) is 2.74. The van der Waals surface area contributed by atoms with Crippen LogP contribution in [0.15, 0.2) is 41.4 Å². The van der Waals surface area contributed by atoms with Crippen LogP contribution in [0.2, 0.25) is 0 Å². The normalized spacial score (nSPS) is 12.0. The molecule has 5 nitrogen and oxygen atoms in total. The number of hydrogen-bond donors (Lipinski definition) is 0. The zero-order valence-corrected chi connectivity index (χ0v) is 13.6. The van der Waals surface area contributed by atoms with Crippen molar-refractivity contribution in [1.82, 2.24) is 14.5 Å². The summed E-state index contributed by atoms with van der Waals surface area (Å²) in [4.78, 5) is 9.10. The number of imidazole rings is 1. The van der Waals surface area contributed by atoms with Crippen LogP contribution in [-0.4, -0.2) is 28.7 Å². The van der Waals surface area contributed by atoms with Crippen molar-refractivity contribution in [3.8, 4) is 11.5 Å². The molecule has 0 bridgehead atoms. The van der Waals surface area contributed by atoms with E-state index < -0.39 is 9.84 Å². The number of benzene rings is 1. The van der Waals surface area contributed by atoms with Crippen molar-refractivity contribution >= 4 is 20.9 Å². The summed E-state index contributed by atoms with van der Waals surface area (Å²) < 4.78 is 26.5. The molecule has 0 unspecified atom stereocenters. The highest BCUT2D eigenvalue weighted by Gasteiger charge is 2.22. The van der Waals surface area contributed by atoms with Gasteiger partial charge < -0.3 is 4.57 Å². The number of hydrogen-bond acceptors (Lipinski definition) is 4. The maximum atomic E-state index is 12.3. The molecule has 1 aromatic carbocycles. The van der Waals surface area contributed by atoms with E-state index in [1.165, 1.54) is 0 Å². The molecule has 0 aliphatic rings. The van der Waals surface area contributed by atoms with Gasteiger partial charge in [0.1, 0.15) is 5.69 Å². The van der Waals surface area contributed by atoms with Crippen molar-refractivity contribution in [3.05, 3.63) is 42.1 Å². The quantitative estimate of drug-likeness (QED) is 0.745. The fourth-order valence-electron chi connectivity index (χ4n) is 2.49. The Bertz CT molecular complexity index is 959. The van der Waals surface area contributed by atoms with Gasteiger partial charge in [-0.2, -0.15) is 0 Å². The van der Waals surface area contributed by atoms with Crippen molar-refractivity contribution in [3.63, 3.8) is 0 Å². The molecule has 0 spiro atoms. The average Bonchev–Trinajstić information content (AvgIpc) is 2.83. The molecule has 0 aliphatic carbocycles. The number of rotatable bonds is 3. The lowest BCUT2D eigenvalue weighted by atomic mass is 10.2. The first-order chi connectivity index (χ1) is 10.4. The Morgan fingerprint density at radius 2 is 2.00 bits per heavy atom. The highest BCUT2D eigenvalue weighted by atomic mass is 32.2. The molecular weight excluding hydrogens is 298 g/mol. The molecule has 0 saturated carbocycles. The Morgan fingerprint density at radius 1 is 1.23 bits per heavy atom. The first-order valence-electron chi connectivity index (χ1n) is 7.05. The van der Waals surface area contributed by atoms with Crippen LogP contribution >= 0.6 is 0 Å². The number of nitrogens with zero attached hydrogens (tertiary/aromatic N) is 3. The van der Waals surface area contributed by atoms with Crippen molar-refractivity contribution in [2.75, 3.05) is 5.75 Å². The number of fused-ring (bicyclic) bond motifs is 1. The Kier molecular flexibility index (Phi) is 3.48. The standard InChI is InChI=1S/C16H17N3O2S/c1-4-22(20,21)14-6-5-9-17-15(14)16-18-12-10-11(2)7-8-13(12)19(16)3/h5-10H,4H2,1-3H3. The van der Waals surface area contributed by atoms with Crippen molar-refractivity contribution < 1.29 is 8.42 Å². The van der Waals surface area contributed by atoms with Gasteiger partial charge in [0.25, 0.3) is 0 Å². The molecule has 3 aromatic rings. The zero-order chi connectivity index (χ0) is 15.9. The van der Waals surface area contributed by atoms with Gasteiger partial charge in [0, 0.05) is 13.2 Å². The van der Waals surface area contributed by atoms with Crippen LogP contribution in [0.25, 0.3) is 22.6 Å². The van der Waals surface area contributed by atoms with Crippen LogP contribution in [0, 0.1) is 6.92 Å². The van der Waals surface area contributed by atoms with Crippen LogP contribution in [0.5, 0.6) is 0 Å². The number of pyridine rings is 1. The van der Waals surface area contributed by atoms with E-state index in [1.54, 1.807) is 25.3 Å². The topological polar surface area (TPSA) is 64.8 Å². The summed E-state index contributed by atoms with van der Waals surface area (Å²) in [5.41, 5.74) is 3.30. The fraction of sp³-hybridized carbons (Fsp3) is 0.250. The molecule has 0 fully saturated rings. The van der Waals surface area contributed by atoms with E-state index in [9.17, 15) is 8.42 Å². The summed E-state index contributed by atoms with van der Waals surface area (Å²) in [6.07, 6.45) is 1.59. The maximum absolute atomic E-state index is 12.3. The predicted molar refractivity (Wildman–Crippen MR) is 86.4 cm³/mol. The van der Waals surface area contributed by atoms with Crippen LogP contribution in [0.4, 0.5) is 0 Å². The second-order valence-corrected chi connectivity index (χ2v) is 7.49. The second-order valence-electron chi connectivity index (χ2n) is 5.24. The third-order valence-electron chi connectivity index (χ3n) is 3.73. The van der Waals surface area contributed by atoms with E-state index in [0.29, 0.717) is 11.5 Å². The first kappa shape index (κ1) is 14.7. The summed E-state index contributed by atoms with van der Waals surface area (Å²) >= 11 is 0. The average molecular weight is 315 g/mol. The van der Waals surface area contributed by atoms with Crippen molar-refractivity contribution in [1.29, 1.82) is 0 Å². The lowest BCUT2D eigenvalue weighted by Gasteiger charge is -2.08. The summed E-state index contributed by atoms with van der Waals surface area (Å²) in [7, 11) is -1.48. The minimum absolute atomic E-state index is 0.0365. The van der Waals surface area contributed by atoms with Crippen molar-refractivity contribution in [2.45, 2.75) is 18.7 Å². The fourth-order valence-corrected chi connectivity index (χ4v) is 3.52. The minimum atomic E-state index is -3.36. The third kappa shape index (κ3) is 2.29. The van der Waals surface area contributed by atoms with Gasteiger partial charge >= 0.3 is 0 Å². The van der Waals surface area contributed by atoms with Crippen molar-refractivity contribution in [2.24, 2.45) is 7.05 Å². The molecule has 0 saturated heterocycles. The number of sulfone groups is 1. The molecule has 0 aliphatic heterocycles. The Hall–Kier alpha value is -2.21. The van der Waals surface area contributed by atoms with E-state index in [1.807, 2.05) is 36.7 Å². The van der Waals surface area contributed by atoms with Crippen LogP contribution in [-0.2, 0) is 16.9 Å².